The maximum Gasteiger partial charge on any atom is 0.139 e. The molecule has 1 aliphatic carbocycles. The summed E-state index contributed by atoms with van der Waals surface area (Å²) in [7, 11) is 0. The van der Waals surface area contributed by atoms with E-state index in [2.05, 4.69) is 5.32 Å². The van der Waals surface area contributed by atoms with Crippen LogP contribution in [0.5, 0.6) is 0 Å². The van der Waals surface area contributed by atoms with Gasteiger partial charge in [0, 0.05) is 18.4 Å². The highest BCUT2D eigenvalue weighted by Gasteiger charge is 2.41. The SMILES string of the molecule is O=C(C1CCNCC1)C1CCOC2(CCCCC2)C1. The number of piperidine rings is 1. The quantitative estimate of drug-likeness (QED) is 0.834. The van der Waals surface area contributed by atoms with Gasteiger partial charge in [-0.3, -0.25) is 4.79 Å². The van der Waals surface area contributed by atoms with Crippen molar-refractivity contribution in [1.29, 1.82) is 0 Å². The molecule has 1 unspecified atom stereocenters. The van der Waals surface area contributed by atoms with E-state index in [1.54, 1.807) is 0 Å². The zero-order valence-electron chi connectivity index (χ0n) is 12.0. The van der Waals surface area contributed by atoms with Crippen LogP contribution in [0.3, 0.4) is 0 Å². The summed E-state index contributed by atoms with van der Waals surface area (Å²) in [5.74, 6) is 1.16. The third-order valence-corrected chi connectivity index (χ3v) is 5.40. The van der Waals surface area contributed by atoms with Crippen LogP contribution >= 0.6 is 0 Å². The topological polar surface area (TPSA) is 38.3 Å². The summed E-state index contributed by atoms with van der Waals surface area (Å²) in [4.78, 5) is 12.7. The highest BCUT2D eigenvalue weighted by molar-refractivity contribution is 5.83. The lowest BCUT2D eigenvalue weighted by molar-refractivity contribution is -0.146. The Morgan fingerprint density at radius 1 is 1.00 bits per heavy atom. The molecule has 0 aromatic heterocycles. The maximum atomic E-state index is 12.7. The van der Waals surface area contributed by atoms with E-state index in [-0.39, 0.29) is 11.5 Å². The Morgan fingerprint density at radius 3 is 2.47 bits per heavy atom. The normalized spacial score (nSPS) is 32.3. The first-order chi connectivity index (χ1) is 9.29. The molecule has 0 amide bonds. The monoisotopic (exact) mass is 265 g/mol. The molecule has 0 bridgehead atoms. The Balaban J connectivity index is 1.62. The van der Waals surface area contributed by atoms with Gasteiger partial charge in [-0.25, -0.2) is 0 Å². The Hall–Kier alpha value is -0.410. The molecule has 108 valence electrons. The second kappa shape index (κ2) is 5.92. The van der Waals surface area contributed by atoms with Crippen molar-refractivity contribution >= 4 is 5.78 Å². The van der Waals surface area contributed by atoms with Crippen LogP contribution in [-0.4, -0.2) is 31.1 Å². The fourth-order valence-electron chi connectivity index (χ4n) is 4.25. The Morgan fingerprint density at radius 2 is 1.74 bits per heavy atom. The minimum atomic E-state index is 0.0732. The number of Topliss-reactive ketones (excluding diaryl/α,β-unsaturated/α-hetero) is 1. The summed E-state index contributed by atoms with van der Waals surface area (Å²) in [6, 6.07) is 0. The van der Waals surface area contributed by atoms with Crippen molar-refractivity contribution in [3.05, 3.63) is 0 Å². The van der Waals surface area contributed by atoms with Crippen molar-refractivity contribution in [2.45, 2.75) is 63.4 Å². The molecular formula is C16H27NO2. The third-order valence-electron chi connectivity index (χ3n) is 5.40. The number of carbonyl (C=O) groups excluding carboxylic acids is 1. The van der Waals surface area contributed by atoms with Crippen LogP contribution in [0, 0.1) is 11.8 Å². The molecule has 3 rings (SSSR count). The van der Waals surface area contributed by atoms with Gasteiger partial charge in [0.25, 0.3) is 0 Å². The molecule has 1 spiro atoms. The number of rotatable bonds is 2. The van der Waals surface area contributed by atoms with E-state index in [4.69, 9.17) is 4.74 Å². The second-order valence-corrected chi connectivity index (χ2v) is 6.71. The van der Waals surface area contributed by atoms with E-state index in [0.29, 0.717) is 11.7 Å². The van der Waals surface area contributed by atoms with E-state index in [9.17, 15) is 4.79 Å². The minimum absolute atomic E-state index is 0.0732. The van der Waals surface area contributed by atoms with Gasteiger partial charge in [-0.1, -0.05) is 19.3 Å². The Bertz CT molecular complexity index is 311. The van der Waals surface area contributed by atoms with Gasteiger partial charge in [0.1, 0.15) is 5.78 Å². The fraction of sp³-hybridized carbons (Fsp3) is 0.938. The summed E-state index contributed by atoms with van der Waals surface area (Å²) in [5.41, 5.74) is 0.0732. The van der Waals surface area contributed by atoms with Gasteiger partial charge in [-0.05, 0) is 51.6 Å². The molecule has 2 saturated heterocycles. The average Bonchev–Trinajstić information content (AvgIpc) is 2.48. The number of ether oxygens (including phenoxy) is 1. The number of hydrogen-bond acceptors (Lipinski definition) is 3. The Kier molecular flexibility index (Phi) is 4.23. The lowest BCUT2D eigenvalue weighted by Gasteiger charge is -2.44. The van der Waals surface area contributed by atoms with Gasteiger partial charge < -0.3 is 10.1 Å². The summed E-state index contributed by atoms with van der Waals surface area (Å²) >= 11 is 0. The van der Waals surface area contributed by atoms with Crippen molar-refractivity contribution in [2.75, 3.05) is 19.7 Å². The summed E-state index contributed by atoms with van der Waals surface area (Å²) < 4.78 is 6.11. The predicted molar refractivity (Wildman–Crippen MR) is 75.1 cm³/mol. The highest BCUT2D eigenvalue weighted by atomic mass is 16.5. The molecule has 1 saturated carbocycles. The summed E-state index contributed by atoms with van der Waals surface area (Å²) in [5, 5.41) is 3.35. The smallest absolute Gasteiger partial charge is 0.139 e. The standard InChI is InChI=1S/C16H27NO2/c18-15(13-4-9-17-10-5-13)14-6-11-19-16(12-14)7-2-1-3-8-16/h13-14,17H,1-12H2. The van der Waals surface area contributed by atoms with E-state index >= 15 is 0 Å². The van der Waals surface area contributed by atoms with Crippen LogP contribution in [0.15, 0.2) is 0 Å². The van der Waals surface area contributed by atoms with E-state index in [1.165, 1.54) is 32.1 Å². The molecule has 3 aliphatic rings. The first-order valence-electron chi connectivity index (χ1n) is 8.18. The number of ketones is 1. The highest BCUT2D eigenvalue weighted by Crippen LogP contribution is 2.41. The van der Waals surface area contributed by atoms with E-state index < -0.39 is 0 Å². The van der Waals surface area contributed by atoms with Gasteiger partial charge in [0.15, 0.2) is 0 Å². The Labute approximate surface area is 116 Å². The maximum absolute atomic E-state index is 12.7. The first-order valence-corrected chi connectivity index (χ1v) is 8.18. The van der Waals surface area contributed by atoms with Crippen molar-refractivity contribution < 1.29 is 9.53 Å². The molecule has 2 heterocycles. The summed E-state index contributed by atoms with van der Waals surface area (Å²) in [6.45, 7) is 2.84. The van der Waals surface area contributed by atoms with E-state index in [0.717, 1.165) is 45.4 Å². The van der Waals surface area contributed by atoms with Gasteiger partial charge >= 0.3 is 0 Å². The summed E-state index contributed by atoms with van der Waals surface area (Å²) in [6.07, 6.45) is 10.3. The first kappa shape index (κ1) is 13.6. The lowest BCUT2D eigenvalue weighted by atomic mass is 9.72. The van der Waals surface area contributed by atoms with Crippen LogP contribution in [0.1, 0.15) is 57.8 Å². The fourth-order valence-corrected chi connectivity index (χ4v) is 4.25. The molecule has 0 aromatic rings. The molecular weight excluding hydrogens is 238 g/mol. The lowest BCUT2D eigenvalue weighted by Crippen LogP contribution is -2.45. The van der Waals surface area contributed by atoms with Gasteiger partial charge in [-0.2, -0.15) is 0 Å². The molecule has 2 aliphatic heterocycles. The van der Waals surface area contributed by atoms with Crippen LogP contribution in [0.4, 0.5) is 0 Å². The molecule has 3 fully saturated rings. The largest absolute Gasteiger partial charge is 0.375 e. The van der Waals surface area contributed by atoms with Crippen LogP contribution in [0.2, 0.25) is 0 Å². The van der Waals surface area contributed by atoms with Crippen LogP contribution < -0.4 is 5.32 Å². The third kappa shape index (κ3) is 3.03. The van der Waals surface area contributed by atoms with Crippen molar-refractivity contribution in [3.8, 4) is 0 Å². The molecule has 3 heteroatoms. The van der Waals surface area contributed by atoms with Crippen LogP contribution in [0.25, 0.3) is 0 Å². The van der Waals surface area contributed by atoms with Gasteiger partial charge in [0.05, 0.1) is 5.60 Å². The van der Waals surface area contributed by atoms with Gasteiger partial charge in [-0.15, -0.1) is 0 Å². The second-order valence-electron chi connectivity index (χ2n) is 6.71. The average molecular weight is 265 g/mol. The zero-order chi connectivity index (χ0) is 13.1. The molecule has 3 nitrogen and oxygen atoms in total. The zero-order valence-corrected chi connectivity index (χ0v) is 12.0. The van der Waals surface area contributed by atoms with Gasteiger partial charge in [0.2, 0.25) is 0 Å². The molecule has 1 atom stereocenters. The number of hydrogen-bond donors (Lipinski definition) is 1. The number of carbonyl (C=O) groups is 1. The van der Waals surface area contributed by atoms with Crippen molar-refractivity contribution in [1.82, 2.24) is 5.32 Å². The molecule has 19 heavy (non-hydrogen) atoms. The van der Waals surface area contributed by atoms with Crippen molar-refractivity contribution in [2.24, 2.45) is 11.8 Å². The predicted octanol–water partition coefficient (Wildman–Crippen LogP) is 2.68. The minimum Gasteiger partial charge on any atom is -0.375 e. The number of nitrogens with one attached hydrogen (secondary N) is 1. The van der Waals surface area contributed by atoms with Crippen LogP contribution in [-0.2, 0) is 9.53 Å². The molecule has 1 N–H and O–H groups in total. The molecule has 0 radical (unpaired) electrons. The van der Waals surface area contributed by atoms with E-state index in [1.807, 2.05) is 0 Å². The van der Waals surface area contributed by atoms with Crippen molar-refractivity contribution in [3.63, 3.8) is 0 Å². The molecule has 0 aromatic carbocycles.